The number of esters is 1. The lowest BCUT2D eigenvalue weighted by atomic mass is 10.2. The Balaban J connectivity index is 2.20. The fraction of sp³-hybridized carbons (Fsp3) is 0.214. The minimum absolute atomic E-state index is 0.0970. The van der Waals surface area contributed by atoms with Gasteiger partial charge in [-0.25, -0.2) is 0 Å². The normalized spacial score (nSPS) is 16.0. The van der Waals surface area contributed by atoms with E-state index in [1.807, 2.05) is 0 Å². The molecule has 9 heteroatoms. The molecule has 0 saturated carbocycles. The SMILES string of the molecule is CCOC(=O)CN1C(=O)S/C(=C/c2cccc([N+](=O)[O-])c2)C1=O. The molecule has 8 nitrogen and oxygen atoms in total. The predicted molar refractivity (Wildman–Crippen MR) is 82.4 cm³/mol. The molecule has 120 valence electrons. The molecule has 2 amide bonds. The Morgan fingerprint density at radius 3 is 2.83 bits per heavy atom. The minimum Gasteiger partial charge on any atom is -0.465 e. The van der Waals surface area contributed by atoms with Gasteiger partial charge < -0.3 is 4.74 Å². The molecule has 1 fully saturated rings. The summed E-state index contributed by atoms with van der Waals surface area (Å²) in [5.74, 6) is -1.30. The standard InChI is InChI=1S/C14H12N2O6S/c1-2-22-12(17)8-15-13(18)11(23-14(15)19)7-9-4-3-5-10(6-9)16(20)21/h3-7H,2,8H2,1H3/b11-7+. The molecule has 0 radical (unpaired) electrons. The summed E-state index contributed by atoms with van der Waals surface area (Å²) < 4.78 is 4.71. The second kappa shape index (κ2) is 7.05. The second-order valence-corrected chi connectivity index (χ2v) is 5.42. The van der Waals surface area contributed by atoms with Gasteiger partial charge in [0.05, 0.1) is 16.4 Å². The van der Waals surface area contributed by atoms with Crippen LogP contribution >= 0.6 is 11.8 Å². The molecule has 1 aromatic rings. The Bertz CT molecular complexity index is 715. The van der Waals surface area contributed by atoms with E-state index in [-0.39, 0.29) is 17.2 Å². The highest BCUT2D eigenvalue weighted by molar-refractivity contribution is 8.18. The molecular formula is C14H12N2O6S. The number of amides is 2. The van der Waals surface area contributed by atoms with Gasteiger partial charge in [0.25, 0.3) is 16.8 Å². The van der Waals surface area contributed by atoms with Gasteiger partial charge in [0, 0.05) is 12.1 Å². The van der Waals surface area contributed by atoms with Crippen molar-refractivity contribution in [1.29, 1.82) is 0 Å². The van der Waals surface area contributed by atoms with Gasteiger partial charge in [-0.3, -0.25) is 29.4 Å². The molecule has 0 spiro atoms. The van der Waals surface area contributed by atoms with Crippen molar-refractivity contribution in [3.05, 3.63) is 44.8 Å². The van der Waals surface area contributed by atoms with Crippen molar-refractivity contribution in [1.82, 2.24) is 4.90 Å². The van der Waals surface area contributed by atoms with Crippen LogP contribution in [0.4, 0.5) is 10.5 Å². The summed E-state index contributed by atoms with van der Waals surface area (Å²) in [7, 11) is 0. The third kappa shape index (κ3) is 3.95. The molecule has 0 N–H and O–H groups in total. The molecule has 0 atom stereocenters. The number of carbonyl (C=O) groups excluding carboxylic acids is 3. The fourth-order valence-electron chi connectivity index (χ4n) is 1.85. The topological polar surface area (TPSA) is 107 Å². The quantitative estimate of drug-likeness (QED) is 0.351. The molecular weight excluding hydrogens is 324 g/mol. The molecule has 0 bridgehead atoms. The van der Waals surface area contributed by atoms with Crippen LogP contribution in [0.2, 0.25) is 0 Å². The van der Waals surface area contributed by atoms with Crippen molar-refractivity contribution >= 4 is 40.6 Å². The van der Waals surface area contributed by atoms with Crippen LogP contribution in [0.15, 0.2) is 29.2 Å². The summed E-state index contributed by atoms with van der Waals surface area (Å²) in [6, 6.07) is 5.67. The number of imide groups is 1. The molecule has 0 aromatic heterocycles. The molecule has 1 aliphatic heterocycles. The van der Waals surface area contributed by atoms with Crippen molar-refractivity contribution in [2.75, 3.05) is 13.2 Å². The van der Waals surface area contributed by atoms with Crippen LogP contribution in [0.5, 0.6) is 0 Å². The first-order chi connectivity index (χ1) is 10.9. The molecule has 1 heterocycles. The molecule has 23 heavy (non-hydrogen) atoms. The van der Waals surface area contributed by atoms with E-state index in [9.17, 15) is 24.5 Å². The first-order valence-corrected chi connectivity index (χ1v) is 7.39. The number of nitro benzene ring substituents is 1. The molecule has 1 aliphatic rings. The van der Waals surface area contributed by atoms with E-state index in [1.165, 1.54) is 24.3 Å². The van der Waals surface area contributed by atoms with Crippen molar-refractivity contribution in [3.8, 4) is 0 Å². The number of nitrogens with zero attached hydrogens (tertiary/aromatic N) is 2. The van der Waals surface area contributed by atoms with E-state index >= 15 is 0 Å². The maximum Gasteiger partial charge on any atom is 0.326 e. The highest BCUT2D eigenvalue weighted by atomic mass is 32.2. The number of hydrogen-bond acceptors (Lipinski definition) is 7. The molecule has 2 rings (SSSR count). The monoisotopic (exact) mass is 336 g/mol. The van der Waals surface area contributed by atoms with Gasteiger partial charge in [-0.1, -0.05) is 12.1 Å². The summed E-state index contributed by atoms with van der Waals surface area (Å²) >= 11 is 0.672. The van der Waals surface area contributed by atoms with Gasteiger partial charge in [-0.05, 0) is 30.3 Å². The third-order valence-corrected chi connectivity index (χ3v) is 3.75. The number of benzene rings is 1. The molecule has 1 saturated heterocycles. The molecule has 1 aromatic carbocycles. The van der Waals surface area contributed by atoms with Crippen LogP contribution in [0, 0.1) is 10.1 Å². The van der Waals surface area contributed by atoms with Crippen molar-refractivity contribution < 1.29 is 24.0 Å². The lowest BCUT2D eigenvalue weighted by molar-refractivity contribution is -0.384. The maximum atomic E-state index is 12.2. The van der Waals surface area contributed by atoms with Crippen molar-refractivity contribution in [2.45, 2.75) is 6.92 Å². The predicted octanol–water partition coefficient (Wildman–Crippen LogP) is 2.19. The average Bonchev–Trinajstić information content (AvgIpc) is 2.75. The number of carbonyl (C=O) groups is 3. The largest absolute Gasteiger partial charge is 0.465 e. The van der Waals surface area contributed by atoms with Gasteiger partial charge in [0.1, 0.15) is 6.54 Å². The van der Waals surface area contributed by atoms with Crippen LogP contribution < -0.4 is 0 Å². The van der Waals surface area contributed by atoms with Gasteiger partial charge in [0.2, 0.25) is 0 Å². The number of rotatable bonds is 5. The summed E-state index contributed by atoms with van der Waals surface area (Å²) in [6.45, 7) is 1.32. The number of thioether (sulfide) groups is 1. The number of ether oxygens (including phenoxy) is 1. The zero-order chi connectivity index (χ0) is 17.0. The Morgan fingerprint density at radius 2 is 2.17 bits per heavy atom. The summed E-state index contributed by atoms with van der Waals surface area (Å²) in [6.07, 6.45) is 1.38. The van der Waals surface area contributed by atoms with Gasteiger partial charge >= 0.3 is 5.97 Å². The van der Waals surface area contributed by atoms with Crippen molar-refractivity contribution in [3.63, 3.8) is 0 Å². The Labute approximate surface area is 135 Å². The summed E-state index contributed by atoms with van der Waals surface area (Å²) in [5.41, 5.74) is 0.297. The van der Waals surface area contributed by atoms with Crippen molar-refractivity contribution in [2.24, 2.45) is 0 Å². The molecule has 0 unspecified atom stereocenters. The van der Waals surface area contributed by atoms with Gasteiger partial charge in [-0.2, -0.15) is 0 Å². The highest BCUT2D eigenvalue weighted by Crippen LogP contribution is 2.32. The van der Waals surface area contributed by atoms with E-state index in [2.05, 4.69) is 0 Å². The van der Waals surface area contributed by atoms with Gasteiger partial charge in [-0.15, -0.1) is 0 Å². The van der Waals surface area contributed by atoms with Crippen LogP contribution in [0.25, 0.3) is 6.08 Å². The second-order valence-electron chi connectivity index (χ2n) is 4.42. The average molecular weight is 336 g/mol. The lowest BCUT2D eigenvalue weighted by Gasteiger charge is -2.10. The van der Waals surface area contributed by atoms with E-state index in [1.54, 1.807) is 13.0 Å². The van der Waals surface area contributed by atoms with E-state index in [0.717, 1.165) is 4.90 Å². The Morgan fingerprint density at radius 1 is 1.43 bits per heavy atom. The maximum absolute atomic E-state index is 12.2. The minimum atomic E-state index is -0.675. The zero-order valence-electron chi connectivity index (χ0n) is 12.1. The van der Waals surface area contributed by atoms with Crippen LogP contribution in [0.3, 0.4) is 0 Å². The van der Waals surface area contributed by atoms with E-state index in [4.69, 9.17) is 4.74 Å². The number of non-ortho nitro benzene ring substituents is 1. The third-order valence-electron chi connectivity index (χ3n) is 2.84. The highest BCUT2D eigenvalue weighted by Gasteiger charge is 2.36. The first kappa shape index (κ1) is 16.7. The zero-order valence-corrected chi connectivity index (χ0v) is 12.9. The lowest BCUT2D eigenvalue weighted by Crippen LogP contribution is -2.34. The number of nitro groups is 1. The molecule has 0 aliphatic carbocycles. The number of hydrogen-bond donors (Lipinski definition) is 0. The first-order valence-electron chi connectivity index (χ1n) is 6.57. The summed E-state index contributed by atoms with van der Waals surface area (Å²) in [4.78, 5) is 46.4. The van der Waals surface area contributed by atoms with E-state index in [0.29, 0.717) is 17.3 Å². The Kier molecular flexibility index (Phi) is 5.12. The van der Waals surface area contributed by atoms with Gasteiger partial charge in [0.15, 0.2) is 0 Å². The fourth-order valence-corrected chi connectivity index (χ4v) is 2.69. The van der Waals surface area contributed by atoms with Crippen LogP contribution in [-0.2, 0) is 14.3 Å². The van der Waals surface area contributed by atoms with Crippen LogP contribution in [0.1, 0.15) is 12.5 Å². The smallest absolute Gasteiger partial charge is 0.326 e. The Hall–Kier alpha value is -2.68. The van der Waals surface area contributed by atoms with E-state index < -0.39 is 28.6 Å². The summed E-state index contributed by atoms with van der Waals surface area (Å²) in [5, 5.41) is 10.2. The van der Waals surface area contributed by atoms with Crippen LogP contribution in [-0.4, -0.2) is 40.1 Å².